The Morgan fingerprint density at radius 3 is 2.30 bits per heavy atom. The zero-order valence-electron chi connectivity index (χ0n) is 13.4. The number of hydrogen-bond acceptors (Lipinski definition) is 2. The van der Waals surface area contributed by atoms with Gasteiger partial charge in [-0.2, -0.15) is 0 Å². The molecule has 0 spiro atoms. The Bertz CT molecular complexity index is 722. The molecule has 3 nitrogen and oxygen atoms in total. The fourth-order valence-electron chi connectivity index (χ4n) is 3.12. The van der Waals surface area contributed by atoms with Gasteiger partial charge in [0, 0.05) is 12.1 Å². The molecule has 0 aromatic heterocycles. The predicted octanol–water partition coefficient (Wildman–Crippen LogP) is 4.46. The van der Waals surface area contributed by atoms with E-state index in [0.29, 0.717) is 12.1 Å². The summed E-state index contributed by atoms with van der Waals surface area (Å²) in [5.74, 6) is -0.770. The highest BCUT2D eigenvalue weighted by Gasteiger charge is 2.37. The number of anilines is 1. The van der Waals surface area contributed by atoms with Gasteiger partial charge in [-0.25, -0.2) is 0 Å². The number of amides is 1. The van der Waals surface area contributed by atoms with Gasteiger partial charge < -0.3 is 4.90 Å². The molecule has 0 atom stereocenters. The van der Waals surface area contributed by atoms with Crippen molar-refractivity contribution in [2.45, 2.75) is 32.6 Å². The number of benzene rings is 2. The minimum atomic E-state index is -0.389. The van der Waals surface area contributed by atoms with Crippen LogP contribution in [0.4, 0.5) is 5.69 Å². The Morgan fingerprint density at radius 1 is 0.826 bits per heavy atom. The average Bonchev–Trinajstić information content (AvgIpc) is 2.84. The normalized spacial score (nSPS) is 13.5. The monoisotopic (exact) mass is 307 g/mol. The third-order valence-corrected chi connectivity index (χ3v) is 4.31. The first-order chi connectivity index (χ1) is 11.2. The highest BCUT2D eigenvalue weighted by molar-refractivity contribution is 6.53. The number of hydrogen-bond donors (Lipinski definition) is 0. The van der Waals surface area contributed by atoms with Crippen LogP contribution in [0.2, 0.25) is 0 Å². The third kappa shape index (κ3) is 2.91. The second-order valence-corrected chi connectivity index (χ2v) is 5.91. The van der Waals surface area contributed by atoms with Gasteiger partial charge in [-0.3, -0.25) is 9.59 Å². The highest BCUT2D eigenvalue weighted by atomic mass is 16.2. The minimum Gasteiger partial charge on any atom is -0.304 e. The van der Waals surface area contributed by atoms with Gasteiger partial charge in [0.25, 0.3) is 11.7 Å². The van der Waals surface area contributed by atoms with Gasteiger partial charge in [0.1, 0.15) is 0 Å². The van der Waals surface area contributed by atoms with Gasteiger partial charge in [0.2, 0.25) is 0 Å². The average molecular weight is 307 g/mol. The molecular weight excluding hydrogens is 286 g/mol. The zero-order valence-corrected chi connectivity index (χ0v) is 13.4. The van der Waals surface area contributed by atoms with Crippen LogP contribution in [0.25, 0.3) is 11.1 Å². The Kier molecular flexibility index (Phi) is 4.56. The molecule has 0 fully saturated rings. The maximum Gasteiger partial charge on any atom is 0.299 e. The molecule has 1 heterocycles. The number of ketones is 1. The number of unbranched alkanes of at least 4 members (excludes halogenated alkanes) is 3. The van der Waals surface area contributed by atoms with Crippen LogP contribution < -0.4 is 4.90 Å². The number of para-hydroxylation sites is 1. The number of carbonyl (C=O) groups is 2. The van der Waals surface area contributed by atoms with Crippen molar-refractivity contribution >= 4 is 17.4 Å². The minimum absolute atomic E-state index is 0.381. The van der Waals surface area contributed by atoms with E-state index in [-0.39, 0.29) is 11.7 Å². The fraction of sp³-hybridized carbons (Fsp3) is 0.300. The van der Waals surface area contributed by atoms with E-state index in [1.54, 1.807) is 11.0 Å². The molecule has 0 bridgehead atoms. The van der Waals surface area contributed by atoms with Gasteiger partial charge >= 0.3 is 0 Å². The van der Waals surface area contributed by atoms with Crippen molar-refractivity contribution in [3.8, 4) is 11.1 Å². The van der Waals surface area contributed by atoms with E-state index < -0.39 is 0 Å². The van der Waals surface area contributed by atoms with Crippen molar-refractivity contribution in [1.82, 2.24) is 0 Å². The van der Waals surface area contributed by atoms with Crippen molar-refractivity contribution in [3.05, 3.63) is 54.1 Å². The molecule has 23 heavy (non-hydrogen) atoms. The van der Waals surface area contributed by atoms with E-state index in [9.17, 15) is 9.59 Å². The zero-order chi connectivity index (χ0) is 16.2. The summed E-state index contributed by atoms with van der Waals surface area (Å²) in [7, 11) is 0. The summed E-state index contributed by atoms with van der Waals surface area (Å²) in [6, 6.07) is 15.5. The molecule has 0 N–H and O–H groups in total. The molecule has 1 aliphatic rings. The number of carbonyl (C=O) groups excluding carboxylic acids is 2. The molecule has 0 saturated carbocycles. The SMILES string of the molecule is CCCCCCN1C(=O)C(=O)c2cccc(-c3ccccc3)c21. The van der Waals surface area contributed by atoms with Crippen LogP contribution in [0.3, 0.4) is 0 Å². The molecule has 2 aromatic carbocycles. The summed E-state index contributed by atoms with van der Waals surface area (Å²) in [5, 5.41) is 0. The van der Waals surface area contributed by atoms with E-state index in [4.69, 9.17) is 0 Å². The smallest absolute Gasteiger partial charge is 0.299 e. The van der Waals surface area contributed by atoms with E-state index >= 15 is 0 Å². The maximum absolute atomic E-state index is 12.4. The Hall–Kier alpha value is -2.42. The molecule has 118 valence electrons. The lowest BCUT2D eigenvalue weighted by Gasteiger charge is -2.19. The van der Waals surface area contributed by atoms with Crippen molar-refractivity contribution in [2.24, 2.45) is 0 Å². The summed E-state index contributed by atoms with van der Waals surface area (Å²) >= 11 is 0. The molecule has 2 aromatic rings. The van der Waals surface area contributed by atoms with Crippen molar-refractivity contribution in [3.63, 3.8) is 0 Å². The summed E-state index contributed by atoms with van der Waals surface area (Å²) in [6.45, 7) is 2.77. The summed E-state index contributed by atoms with van der Waals surface area (Å²) in [5.41, 5.74) is 3.31. The summed E-state index contributed by atoms with van der Waals surface area (Å²) in [4.78, 5) is 26.4. The number of fused-ring (bicyclic) bond motifs is 1. The Morgan fingerprint density at radius 2 is 1.57 bits per heavy atom. The first kappa shape index (κ1) is 15.5. The van der Waals surface area contributed by atoms with Crippen LogP contribution in [0.1, 0.15) is 43.0 Å². The first-order valence-corrected chi connectivity index (χ1v) is 8.28. The molecule has 0 radical (unpaired) electrons. The number of Topliss-reactive ketones (excluding diaryl/α,β-unsaturated/α-hetero) is 1. The lowest BCUT2D eigenvalue weighted by Crippen LogP contribution is -2.30. The van der Waals surface area contributed by atoms with Gasteiger partial charge in [0.15, 0.2) is 0 Å². The van der Waals surface area contributed by atoms with Crippen LogP contribution in [-0.4, -0.2) is 18.2 Å². The van der Waals surface area contributed by atoms with Crippen molar-refractivity contribution < 1.29 is 9.59 Å². The third-order valence-electron chi connectivity index (χ3n) is 4.31. The first-order valence-electron chi connectivity index (χ1n) is 8.28. The number of nitrogens with zero attached hydrogens (tertiary/aromatic N) is 1. The summed E-state index contributed by atoms with van der Waals surface area (Å²) in [6.07, 6.45) is 4.31. The largest absolute Gasteiger partial charge is 0.304 e. The second-order valence-electron chi connectivity index (χ2n) is 5.91. The molecule has 1 amide bonds. The fourth-order valence-corrected chi connectivity index (χ4v) is 3.12. The van der Waals surface area contributed by atoms with E-state index in [1.807, 2.05) is 42.5 Å². The van der Waals surface area contributed by atoms with Gasteiger partial charge in [0.05, 0.1) is 11.3 Å². The van der Waals surface area contributed by atoms with Crippen LogP contribution in [0.5, 0.6) is 0 Å². The molecule has 0 saturated heterocycles. The molecule has 3 heteroatoms. The van der Waals surface area contributed by atoms with Gasteiger partial charge in [-0.15, -0.1) is 0 Å². The standard InChI is InChI=1S/C20H21NO2/c1-2-3-4-8-14-21-18-16(15-10-6-5-7-11-15)12-9-13-17(18)19(22)20(21)23/h5-7,9-13H,2-4,8,14H2,1H3. The molecule has 0 unspecified atom stereocenters. The topological polar surface area (TPSA) is 37.4 Å². The molecular formula is C20H21NO2. The lowest BCUT2D eigenvalue weighted by atomic mass is 10.00. The van der Waals surface area contributed by atoms with Crippen LogP contribution in [0, 0.1) is 0 Å². The van der Waals surface area contributed by atoms with E-state index in [0.717, 1.165) is 42.5 Å². The van der Waals surface area contributed by atoms with E-state index in [1.165, 1.54) is 0 Å². The van der Waals surface area contributed by atoms with Gasteiger partial charge in [-0.1, -0.05) is 68.7 Å². The number of rotatable bonds is 6. The molecule has 3 rings (SSSR count). The highest BCUT2D eigenvalue weighted by Crippen LogP contribution is 2.38. The maximum atomic E-state index is 12.4. The second kappa shape index (κ2) is 6.78. The molecule has 0 aliphatic carbocycles. The lowest BCUT2D eigenvalue weighted by molar-refractivity contribution is -0.114. The summed E-state index contributed by atoms with van der Waals surface area (Å²) < 4.78 is 0. The quantitative estimate of drug-likeness (QED) is 0.583. The van der Waals surface area contributed by atoms with Gasteiger partial charge in [-0.05, 0) is 18.1 Å². The molecule has 1 aliphatic heterocycles. The van der Waals surface area contributed by atoms with Crippen LogP contribution >= 0.6 is 0 Å². The Labute approximate surface area is 136 Å². The van der Waals surface area contributed by atoms with Crippen molar-refractivity contribution in [2.75, 3.05) is 11.4 Å². The Balaban J connectivity index is 1.97. The van der Waals surface area contributed by atoms with Crippen LogP contribution in [0.15, 0.2) is 48.5 Å². The van der Waals surface area contributed by atoms with Crippen LogP contribution in [-0.2, 0) is 4.79 Å². The van der Waals surface area contributed by atoms with Crippen molar-refractivity contribution in [1.29, 1.82) is 0 Å². The predicted molar refractivity (Wildman–Crippen MR) is 92.7 cm³/mol. The van der Waals surface area contributed by atoms with E-state index in [2.05, 4.69) is 6.92 Å².